The molecule has 1 aliphatic heterocycles. The van der Waals surface area contributed by atoms with Crippen molar-refractivity contribution in [3.63, 3.8) is 0 Å². The second-order valence-electron chi connectivity index (χ2n) is 4.65. The SMILES string of the molecule is COC(=O)CCC1(CCC(=O)O)CCC(=O)N1C. The smallest absolute Gasteiger partial charge is 0.305 e. The number of rotatable bonds is 6. The second-order valence-corrected chi connectivity index (χ2v) is 4.65. The van der Waals surface area contributed by atoms with Crippen LogP contribution in [0.5, 0.6) is 0 Å². The van der Waals surface area contributed by atoms with E-state index in [0.717, 1.165) is 0 Å². The van der Waals surface area contributed by atoms with Crippen molar-refractivity contribution in [3.05, 3.63) is 0 Å². The fourth-order valence-electron chi connectivity index (χ4n) is 2.43. The van der Waals surface area contributed by atoms with E-state index >= 15 is 0 Å². The zero-order valence-electron chi connectivity index (χ0n) is 10.8. The molecular formula is C12H19NO5. The number of carboxylic acid groups (broad SMARTS) is 1. The number of likely N-dealkylation sites (tertiary alicyclic amines) is 1. The van der Waals surface area contributed by atoms with Crippen molar-refractivity contribution in [2.45, 2.75) is 44.1 Å². The molecule has 0 spiro atoms. The number of hydrogen-bond donors (Lipinski definition) is 1. The lowest BCUT2D eigenvalue weighted by Gasteiger charge is -2.36. The van der Waals surface area contributed by atoms with Gasteiger partial charge in [-0.05, 0) is 19.3 Å². The van der Waals surface area contributed by atoms with Crippen LogP contribution in [0.2, 0.25) is 0 Å². The number of amides is 1. The molecule has 1 fully saturated rings. The van der Waals surface area contributed by atoms with E-state index in [-0.39, 0.29) is 24.7 Å². The van der Waals surface area contributed by atoms with Crippen LogP contribution in [-0.2, 0) is 19.1 Å². The quantitative estimate of drug-likeness (QED) is 0.711. The Morgan fingerprint density at radius 1 is 1.39 bits per heavy atom. The van der Waals surface area contributed by atoms with E-state index in [1.54, 1.807) is 11.9 Å². The highest BCUT2D eigenvalue weighted by Gasteiger charge is 2.43. The number of aliphatic carboxylic acids is 1. The first kappa shape index (κ1) is 14.5. The van der Waals surface area contributed by atoms with Crippen molar-refractivity contribution < 1.29 is 24.2 Å². The van der Waals surface area contributed by atoms with Crippen LogP contribution in [0.4, 0.5) is 0 Å². The molecule has 0 bridgehead atoms. The molecule has 6 heteroatoms. The third kappa shape index (κ3) is 3.21. The largest absolute Gasteiger partial charge is 0.481 e. The zero-order valence-corrected chi connectivity index (χ0v) is 10.8. The van der Waals surface area contributed by atoms with Gasteiger partial charge >= 0.3 is 11.9 Å². The van der Waals surface area contributed by atoms with Gasteiger partial charge in [0.25, 0.3) is 0 Å². The van der Waals surface area contributed by atoms with E-state index in [0.29, 0.717) is 25.7 Å². The van der Waals surface area contributed by atoms with Crippen molar-refractivity contribution in [1.29, 1.82) is 0 Å². The molecule has 1 aliphatic rings. The maximum absolute atomic E-state index is 11.6. The summed E-state index contributed by atoms with van der Waals surface area (Å²) in [6, 6.07) is 0. The van der Waals surface area contributed by atoms with Gasteiger partial charge in [-0.2, -0.15) is 0 Å². The summed E-state index contributed by atoms with van der Waals surface area (Å²) in [7, 11) is 2.99. The molecule has 1 saturated heterocycles. The Morgan fingerprint density at radius 3 is 2.44 bits per heavy atom. The van der Waals surface area contributed by atoms with Crippen LogP contribution in [-0.4, -0.2) is 47.5 Å². The lowest BCUT2D eigenvalue weighted by molar-refractivity contribution is -0.142. The summed E-state index contributed by atoms with van der Waals surface area (Å²) in [5, 5.41) is 8.77. The molecule has 0 aromatic heterocycles. The van der Waals surface area contributed by atoms with Crippen molar-refractivity contribution >= 4 is 17.8 Å². The number of esters is 1. The summed E-state index contributed by atoms with van der Waals surface area (Å²) in [5.74, 6) is -1.22. The van der Waals surface area contributed by atoms with Gasteiger partial charge in [0, 0.05) is 31.8 Å². The van der Waals surface area contributed by atoms with Crippen LogP contribution in [0.15, 0.2) is 0 Å². The Kier molecular flexibility index (Phi) is 4.69. The van der Waals surface area contributed by atoms with Crippen molar-refractivity contribution in [1.82, 2.24) is 4.90 Å². The molecule has 1 amide bonds. The Balaban J connectivity index is 2.71. The Morgan fingerprint density at radius 2 is 2.00 bits per heavy atom. The van der Waals surface area contributed by atoms with Gasteiger partial charge in [-0.15, -0.1) is 0 Å². The summed E-state index contributed by atoms with van der Waals surface area (Å²) >= 11 is 0. The zero-order chi connectivity index (χ0) is 13.8. The fraction of sp³-hybridized carbons (Fsp3) is 0.750. The first-order chi connectivity index (χ1) is 8.41. The average molecular weight is 257 g/mol. The van der Waals surface area contributed by atoms with Gasteiger partial charge in [-0.3, -0.25) is 14.4 Å². The minimum absolute atomic E-state index is 0.00120. The summed E-state index contributed by atoms with van der Waals surface area (Å²) < 4.78 is 4.58. The highest BCUT2D eigenvalue weighted by molar-refractivity contribution is 5.80. The third-order valence-electron chi connectivity index (χ3n) is 3.72. The number of nitrogens with zero attached hydrogens (tertiary/aromatic N) is 1. The maximum Gasteiger partial charge on any atom is 0.305 e. The lowest BCUT2D eigenvalue weighted by atomic mass is 9.86. The Hall–Kier alpha value is -1.59. The van der Waals surface area contributed by atoms with Gasteiger partial charge in [0.2, 0.25) is 5.91 Å². The molecule has 18 heavy (non-hydrogen) atoms. The topological polar surface area (TPSA) is 83.9 Å². The normalized spacial score (nSPS) is 23.2. The van der Waals surface area contributed by atoms with Gasteiger partial charge in [0.05, 0.1) is 7.11 Å². The van der Waals surface area contributed by atoms with Crippen molar-refractivity contribution in [2.75, 3.05) is 14.2 Å². The third-order valence-corrected chi connectivity index (χ3v) is 3.72. The van der Waals surface area contributed by atoms with Crippen LogP contribution in [0.25, 0.3) is 0 Å². The Bertz CT molecular complexity index is 354. The average Bonchev–Trinajstić information content (AvgIpc) is 2.62. The predicted octanol–water partition coefficient (Wildman–Crippen LogP) is 0.795. The number of ether oxygens (including phenoxy) is 1. The predicted molar refractivity (Wildman–Crippen MR) is 62.9 cm³/mol. The van der Waals surface area contributed by atoms with Crippen LogP contribution in [0.1, 0.15) is 38.5 Å². The van der Waals surface area contributed by atoms with Crippen LogP contribution < -0.4 is 0 Å². The van der Waals surface area contributed by atoms with E-state index in [4.69, 9.17) is 5.11 Å². The summed E-state index contributed by atoms with van der Waals surface area (Å²) in [4.78, 5) is 35.1. The molecule has 102 valence electrons. The first-order valence-corrected chi connectivity index (χ1v) is 5.96. The summed E-state index contributed by atoms with van der Waals surface area (Å²) in [5.41, 5.74) is -0.510. The van der Waals surface area contributed by atoms with Gasteiger partial charge in [0.1, 0.15) is 0 Å². The molecule has 1 heterocycles. The molecular weight excluding hydrogens is 238 g/mol. The standard InChI is InChI=1S/C12H19NO5/c1-13-9(14)3-6-12(13,7-4-10(15)16)8-5-11(17)18-2/h3-8H2,1-2H3,(H,15,16). The van der Waals surface area contributed by atoms with Crippen molar-refractivity contribution in [3.8, 4) is 0 Å². The number of carboxylic acids is 1. The van der Waals surface area contributed by atoms with E-state index in [1.165, 1.54) is 7.11 Å². The van der Waals surface area contributed by atoms with E-state index in [9.17, 15) is 14.4 Å². The molecule has 0 aromatic rings. The van der Waals surface area contributed by atoms with Gasteiger partial charge in [0.15, 0.2) is 0 Å². The minimum Gasteiger partial charge on any atom is -0.481 e. The minimum atomic E-state index is -0.889. The number of methoxy groups -OCH3 is 1. The number of hydrogen-bond acceptors (Lipinski definition) is 4. The number of carbonyl (C=O) groups excluding carboxylic acids is 2. The summed E-state index contributed by atoms with van der Waals surface area (Å²) in [6.07, 6.45) is 2.05. The van der Waals surface area contributed by atoms with Crippen LogP contribution in [0.3, 0.4) is 0 Å². The molecule has 0 saturated carbocycles. The molecule has 1 atom stereocenters. The second kappa shape index (κ2) is 5.84. The van der Waals surface area contributed by atoms with Gasteiger partial charge in [-0.1, -0.05) is 0 Å². The Labute approximate surface area is 106 Å². The molecule has 0 aliphatic carbocycles. The lowest BCUT2D eigenvalue weighted by Crippen LogP contribution is -2.44. The highest BCUT2D eigenvalue weighted by atomic mass is 16.5. The molecule has 6 nitrogen and oxygen atoms in total. The molecule has 1 unspecified atom stereocenters. The first-order valence-electron chi connectivity index (χ1n) is 5.96. The van der Waals surface area contributed by atoms with Gasteiger partial charge in [-0.25, -0.2) is 0 Å². The molecule has 1 rings (SSSR count). The highest BCUT2D eigenvalue weighted by Crippen LogP contribution is 2.37. The molecule has 1 N–H and O–H groups in total. The molecule has 0 aromatic carbocycles. The van der Waals surface area contributed by atoms with Crippen LogP contribution >= 0.6 is 0 Å². The maximum atomic E-state index is 11.6. The van der Waals surface area contributed by atoms with Gasteiger partial charge < -0.3 is 14.7 Å². The van der Waals surface area contributed by atoms with E-state index < -0.39 is 11.5 Å². The van der Waals surface area contributed by atoms with Crippen molar-refractivity contribution in [2.24, 2.45) is 0 Å². The fourth-order valence-corrected chi connectivity index (χ4v) is 2.43. The van der Waals surface area contributed by atoms with E-state index in [2.05, 4.69) is 4.74 Å². The molecule has 0 radical (unpaired) electrons. The van der Waals surface area contributed by atoms with Crippen LogP contribution in [0, 0.1) is 0 Å². The summed E-state index contributed by atoms with van der Waals surface area (Å²) in [6.45, 7) is 0. The van der Waals surface area contributed by atoms with E-state index in [1.807, 2.05) is 0 Å². The monoisotopic (exact) mass is 257 g/mol. The number of carbonyl (C=O) groups is 3.